The molecule has 0 saturated heterocycles. The van der Waals surface area contributed by atoms with Crippen molar-refractivity contribution in [2.24, 2.45) is 0 Å². The summed E-state index contributed by atoms with van der Waals surface area (Å²) in [5, 5.41) is 0. The number of rotatable bonds is 4. The van der Waals surface area contributed by atoms with Gasteiger partial charge in [-0.1, -0.05) is 28.1 Å². The number of ketones is 1. The van der Waals surface area contributed by atoms with Gasteiger partial charge in [0.25, 0.3) is 0 Å². The molecule has 1 aromatic carbocycles. The van der Waals surface area contributed by atoms with E-state index in [1.165, 1.54) is 0 Å². The van der Waals surface area contributed by atoms with Crippen molar-refractivity contribution in [2.75, 3.05) is 13.6 Å². The summed E-state index contributed by atoms with van der Waals surface area (Å²) in [5.74, 6) is 0.165. The van der Waals surface area contributed by atoms with Gasteiger partial charge in [-0.25, -0.2) is 0 Å². The summed E-state index contributed by atoms with van der Waals surface area (Å²) < 4.78 is 0.997. The molecule has 0 aliphatic heterocycles. The van der Waals surface area contributed by atoms with Crippen LogP contribution in [0.4, 0.5) is 0 Å². The van der Waals surface area contributed by atoms with E-state index in [1.54, 1.807) is 0 Å². The molecule has 0 aliphatic carbocycles. The van der Waals surface area contributed by atoms with Crippen LogP contribution in [0, 0.1) is 0 Å². The Balaban J connectivity index is 2.65. The number of nitrogens with zero attached hydrogens (tertiary/aromatic N) is 1. The first kappa shape index (κ1) is 12.4. The summed E-state index contributed by atoms with van der Waals surface area (Å²) in [6, 6.07) is 7.87. The number of likely N-dealkylation sites (N-methyl/N-ethyl adjacent to an activating group) is 1. The van der Waals surface area contributed by atoms with Gasteiger partial charge in [0, 0.05) is 16.1 Å². The Bertz CT molecular complexity index is 332. The second kappa shape index (κ2) is 5.42. The fraction of sp³-hybridized carbons (Fsp3) is 0.417. The highest BCUT2D eigenvalue weighted by molar-refractivity contribution is 9.10. The van der Waals surface area contributed by atoms with Crippen LogP contribution in [0.15, 0.2) is 28.7 Å². The SMILES string of the molecule is CC(C)N(C)CC(=O)c1ccc(Br)cc1. The number of carbonyl (C=O) groups excluding carboxylic acids is 1. The lowest BCUT2D eigenvalue weighted by atomic mass is 10.1. The molecule has 0 atom stereocenters. The van der Waals surface area contributed by atoms with Gasteiger partial charge in [0.15, 0.2) is 5.78 Å². The van der Waals surface area contributed by atoms with Gasteiger partial charge in [0.2, 0.25) is 0 Å². The zero-order valence-electron chi connectivity index (χ0n) is 9.33. The molecule has 15 heavy (non-hydrogen) atoms. The van der Waals surface area contributed by atoms with E-state index in [-0.39, 0.29) is 5.78 Å². The van der Waals surface area contributed by atoms with Crippen molar-refractivity contribution in [3.8, 4) is 0 Å². The van der Waals surface area contributed by atoms with Crippen molar-refractivity contribution in [1.82, 2.24) is 4.90 Å². The van der Waals surface area contributed by atoms with Gasteiger partial charge in [-0.05, 0) is 33.0 Å². The van der Waals surface area contributed by atoms with Crippen LogP contribution >= 0.6 is 15.9 Å². The normalized spacial score (nSPS) is 11.1. The highest BCUT2D eigenvalue weighted by Crippen LogP contribution is 2.11. The molecule has 0 amide bonds. The Labute approximate surface area is 99.4 Å². The summed E-state index contributed by atoms with van der Waals surface area (Å²) in [6.07, 6.45) is 0. The molecule has 0 spiro atoms. The van der Waals surface area contributed by atoms with Gasteiger partial charge in [-0.15, -0.1) is 0 Å². The highest BCUT2D eigenvalue weighted by atomic mass is 79.9. The number of benzene rings is 1. The third-order valence-corrected chi connectivity index (χ3v) is 2.97. The molecule has 0 saturated carbocycles. The number of halogens is 1. The monoisotopic (exact) mass is 269 g/mol. The predicted molar refractivity (Wildman–Crippen MR) is 66.2 cm³/mol. The van der Waals surface area contributed by atoms with Crippen LogP contribution < -0.4 is 0 Å². The van der Waals surface area contributed by atoms with E-state index in [0.717, 1.165) is 10.0 Å². The van der Waals surface area contributed by atoms with Crippen molar-refractivity contribution in [2.45, 2.75) is 19.9 Å². The van der Waals surface area contributed by atoms with Gasteiger partial charge in [-0.3, -0.25) is 9.69 Å². The second-order valence-electron chi connectivity index (χ2n) is 3.94. The van der Waals surface area contributed by atoms with Crippen molar-refractivity contribution < 1.29 is 4.79 Å². The minimum atomic E-state index is 0.165. The molecule has 82 valence electrons. The van der Waals surface area contributed by atoms with Gasteiger partial charge < -0.3 is 0 Å². The van der Waals surface area contributed by atoms with Crippen molar-refractivity contribution in [3.05, 3.63) is 34.3 Å². The zero-order chi connectivity index (χ0) is 11.4. The maximum atomic E-state index is 11.8. The molecule has 0 unspecified atom stereocenters. The maximum Gasteiger partial charge on any atom is 0.176 e. The van der Waals surface area contributed by atoms with E-state index < -0.39 is 0 Å². The fourth-order valence-corrected chi connectivity index (χ4v) is 1.40. The Hall–Kier alpha value is -0.670. The Morgan fingerprint density at radius 3 is 2.33 bits per heavy atom. The lowest BCUT2D eigenvalue weighted by Crippen LogP contribution is -2.31. The minimum Gasteiger partial charge on any atom is -0.296 e. The fourth-order valence-electron chi connectivity index (χ4n) is 1.14. The van der Waals surface area contributed by atoms with Crippen molar-refractivity contribution >= 4 is 21.7 Å². The number of hydrogen-bond acceptors (Lipinski definition) is 2. The minimum absolute atomic E-state index is 0.165. The summed E-state index contributed by atoms with van der Waals surface area (Å²) in [5.41, 5.74) is 0.769. The number of Topliss-reactive ketones (excluding diaryl/α,β-unsaturated/α-hetero) is 1. The molecule has 2 nitrogen and oxygen atoms in total. The topological polar surface area (TPSA) is 20.3 Å². The average Bonchev–Trinajstić information content (AvgIpc) is 2.18. The Morgan fingerprint density at radius 1 is 1.33 bits per heavy atom. The Morgan fingerprint density at radius 2 is 1.87 bits per heavy atom. The lowest BCUT2D eigenvalue weighted by Gasteiger charge is -2.19. The third-order valence-electron chi connectivity index (χ3n) is 2.44. The first-order valence-corrected chi connectivity index (χ1v) is 5.79. The zero-order valence-corrected chi connectivity index (χ0v) is 10.9. The lowest BCUT2D eigenvalue weighted by molar-refractivity contribution is 0.0929. The highest BCUT2D eigenvalue weighted by Gasteiger charge is 2.10. The van der Waals surface area contributed by atoms with Crippen LogP contribution in [-0.2, 0) is 0 Å². The van der Waals surface area contributed by atoms with E-state index in [4.69, 9.17) is 0 Å². The quantitative estimate of drug-likeness (QED) is 0.784. The molecule has 3 heteroatoms. The van der Waals surface area contributed by atoms with Crippen LogP contribution in [0.3, 0.4) is 0 Å². The van der Waals surface area contributed by atoms with E-state index in [9.17, 15) is 4.79 Å². The molecule has 0 N–H and O–H groups in total. The van der Waals surface area contributed by atoms with Crippen LogP contribution in [0.5, 0.6) is 0 Å². The predicted octanol–water partition coefficient (Wildman–Crippen LogP) is 2.97. The van der Waals surface area contributed by atoms with Crippen molar-refractivity contribution in [1.29, 1.82) is 0 Å². The van der Waals surface area contributed by atoms with E-state index >= 15 is 0 Å². The van der Waals surface area contributed by atoms with Crippen LogP contribution in [0.2, 0.25) is 0 Å². The first-order chi connectivity index (χ1) is 7.00. The summed E-state index contributed by atoms with van der Waals surface area (Å²) in [4.78, 5) is 13.8. The van der Waals surface area contributed by atoms with Crippen LogP contribution in [0.25, 0.3) is 0 Å². The standard InChI is InChI=1S/C12H16BrNO/c1-9(2)14(3)8-12(15)10-4-6-11(13)7-5-10/h4-7,9H,8H2,1-3H3. The molecule has 0 fully saturated rings. The number of carbonyl (C=O) groups is 1. The van der Waals surface area contributed by atoms with Crippen LogP contribution in [0.1, 0.15) is 24.2 Å². The van der Waals surface area contributed by atoms with Gasteiger partial charge in [-0.2, -0.15) is 0 Å². The molecule has 1 rings (SSSR count). The second-order valence-corrected chi connectivity index (χ2v) is 4.85. The maximum absolute atomic E-state index is 11.8. The summed E-state index contributed by atoms with van der Waals surface area (Å²) in [6.45, 7) is 4.63. The Kier molecular flexibility index (Phi) is 4.48. The van der Waals surface area contributed by atoms with E-state index in [2.05, 4.69) is 29.8 Å². The molecular formula is C12H16BrNO. The van der Waals surface area contributed by atoms with E-state index in [0.29, 0.717) is 12.6 Å². The first-order valence-electron chi connectivity index (χ1n) is 4.99. The smallest absolute Gasteiger partial charge is 0.176 e. The molecular weight excluding hydrogens is 254 g/mol. The van der Waals surface area contributed by atoms with Crippen molar-refractivity contribution in [3.63, 3.8) is 0 Å². The largest absolute Gasteiger partial charge is 0.296 e. The molecule has 0 heterocycles. The van der Waals surface area contributed by atoms with Gasteiger partial charge >= 0.3 is 0 Å². The van der Waals surface area contributed by atoms with Gasteiger partial charge in [0.1, 0.15) is 0 Å². The average molecular weight is 270 g/mol. The number of hydrogen-bond donors (Lipinski definition) is 0. The molecule has 1 aromatic rings. The molecule has 0 aromatic heterocycles. The summed E-state index contributed by atoms with van der Waals surface area (Å²) in [7, 11) is 1.96. The molecule has 0 aliphatic rings. The van der Waals surface area contributed by atoms with Gasteiger partial charge in [0.05, 0.1) is 6.54 Å². The van der Waals surface area contributed by atoms with E-state index in [1.807, 2.05) is 36.2 Å². The third kappa shape index (κ3) is 3.76. The molecule has 0 radical (unpaired) electrons. The summed E-state index contributed by atoms with van der Waals surface area (Å²) >= 11 is 3.35. The van der Waals surface area contributed by atoms with Crippen LogP contribution in [-0.4, -0.2) is 30.3 Å². The molecule has 0 bridgehead atoms.